The lowest BCUT2D eigenvalue weighted by molar-refractivity contribution is 1.05. The Bertz CT molecular complexity index is 418. The lowest BCUT2D eigenvalue weighted by Gasteiger charge is -1.98. The van der Waals surface area contributed by atoms with Crippen molar-refractivity contribution >= 4 is 0 Å². The highest BCUT2D eigenvalue weighted by molar-refractivity contribution is 5.62. The summed E-state index contributed by atoms with van der Waals surface area (Å²) in [5.74, 6) is 0. The van der Waals surface area contributed by atoms with Crippen LogP contribution in [0.15, 0.2) is 24.5 Å². The molecule has 2 aromatic rings. The minimum Gasteiger partial charge on any atom is -0.282 e. The van der Waals surface area contributed by atoms with Gasteiger partial charge in [0.15, 0.2) is 0 Å². The van der Waals surface area contributed by atoms with Gasteiger partial charge in [0.1, 0.15) is 0 Å². The fourth-order valence-electron chi connectivity index (χ4n) is 1.32. The van der Waals surface area contributed by atoms with Crippen LogP contribution in [0.1, 0.15) is 11.3 Å². The molecule has 0 radical (unpaired) electrons. The third-order valence-electron chi connectivity index (χ3n) is 2.00. The second-order valence-electron chi connectivity index (χ2n) is 3.13. The normalized spacial score (nSPS) is 10.3. The molecule has 3 heteroatoms. The maximum atomic E-state index is 4.19. The molecule has 66 valence electrons. The van der Waals surface area contributed by atoms with Gasteiger partial charge in [0.25, 0.3) is 0 Å². The number of hydrogen-bond acceptors (Lipinski definition) is 2. The number of aryl methyl sites for hydroxylation is 2. The minimum absolute atomic E-state index is 0.984. The highest BCUT2D eigenvalue weighted by atomic mass is 15.1. The lowest BCUT2D eigenvalue weighted by Crippen LogP contribution is -1.84. The summed E-state index contributed by atoms with van der Waals surface area (Å²) in [7, 11) is 0. The molecular weight excluding hydrogens is 162 g/mol. The van der Waals surface area contributed by atoms with E-state index in [2.05, 4.69) is 15.2 Å². The maximum absolute atomic E-state index is 4.19. The number of aromatic nitrogens is 3. The van der Waals surface area contributed by atoms with Crippen LogP contribution in [0.4, 0.5) is 0 Å². The summed E-state index contributed by atoms with van der Waals surface area (Å²) in [4.78, 5) is 4.04. The first-order valence-corrected chi connectivity index (χ1v) is 4.20. The molecule has 2 heterocycles. The fraction of sp³-hybridized carbons (Fsp3) is 0.200. The van der Waals surface area contributed by atoms with Crippen molar-refractivity contribution < 1.29 is 0 Å². The van der Waals surface area contributed by atoms with Crippen molar-refractivity contribution in [1.29, 1.82) is 0 Å². The summed E-state index contributed by atoms with van der Waals surface area (Å²) in [6.07, 6.45) is 3.63. The van der Waals surface area contributed by atoms with Gasteiger partial charge >= 0.3 is 0 Å². The van der Waals surface area contributed by atoms with Gasteiger partial charge < -0.3 is 0 Å². The topological polar surface area (TPSA) is 41.6 Å². The van der Waals surface area contributed by atoms with Crippen LogP contribution in [0, 0.1) is 13.8 Å². The van der Waals surface area contributed by atoms with Crippen molar-refractivity contribution in [2.24, 2.45) is 0 Å². The standard InChI is InChI=1S/C10H11N3/c1-7-6-11-4-3-9(7)10-5-8(2)12-13-10/h3-6H,1-2H3,(H,12,13). The van der Waals surface area contributed by atoms with Crippen LogP contribution in [0.2, 0.25) is 0 Å². The predicted molar refractivity (Wildman–Crippen MR) is 51.3 cm³/mol. The number of nitrogens with one attached hydrogen (secondary N) is 1. The number of aromatic amines is 1. The van der Waals surface area contributed by atoms with Crippen molar-refractivity contribution in [3.05, 3.63) is 35.8 Å². The van der Waals surface area contributed by atoms with E-state index in [1.807, 2.05) is 32.2 Å². The SMILES string of the molecule is Cc1cc(-c2ccncc2C)n[nH]1. The van der Waals surface area contributed by atoms with E-state index in [4.69, 9.17) is 0 Å². The number of rotatable bonds is 1. The first-order chi connectivity index (χ1) is 6.27. The summed E-state index contributed by atoms with van der Waals surface area (Å²) in [5.41, 5.74) is 4.34. The van der Waals surface area contributed by atoms with Crippen LogP contribution in [-0.4, -0.2) is 15.2 Å². The molecule has 0 aliphatic heterocycles. The minimum atomic E-state index is 0.984. The van der Waals surface area contributed by atoms with Gasteiger partial charge in [-0.05, 0) is 31.5 Å². The summed E-state index contributed by atoms with van der Waals surface area (Å²) in [6, 6.07) is 4.01. The van der Waals surface area contributed by atoms with Crippen LogP contribution >= 0.6 is 0 Å². The van der Waals surface area contributed by atoms with Crippen LogP contribution in [0.25, 0.3) is 11.3 Å². The Kier molecular flexibility index (Phi) is 1.85. The number of hydrogen-bond donors (Lipinski definition) is 1. The second-order valence-corrected chi connectivity index (χ2v) is 3.13. The van der Waals surface area contributed by atoms with E-state index in [-0.39, 0.29) is 0 Å². The highest BCUT2D eigenvalue weighted by Crippen LogP contribution is 2.19. The zero-order valence-electron chi connectivity index (χ0n) is 7.70. The van der Waals surface area contributed by atoms with E-state index in [0.717, 1.165) is 22.5 Å². The van der Waals surface area contributed by atoms with Gasteiger partial charge in [-0.3, -0.25) is 10.1 Å². The third-order valence-corrected chi connectivity index (χ3v) is 2.00. The van der Waals surface area contributed by atoms with Crippen LogP contribution in [0.3, 0.4) is 0 Å². The van der Waals surface area contributed by atoms with Gasteiger partial charge in [0, 0.05) is 23.7 Å². The molecule has 13 heavy (non-hydrogen) atoms. The van der Waals surface area contributed by atoms with Crippen LogP contribution in [0.5, 0.6) is 0 Å². The Labute approximate surface area is 76.8 Å². The first kappa shape index (κ1) is 7.98. The molecule has 0 spiro atoms. The van der Waals surface area contributed by atoms with Gasteiger partial charge in [0.2, 0.25) is 0 Å². The van der Waals surface area contributed by atoms with E-state index in [1.165, 1.54) is 0 Å². The average molecular weight is 173 g/mol. The molecule has 3 nitrogen and oxygen atoms in total. The summed E-state index contributed by atoms with van der Waals surface area (Å²) in [5, 5.41) is 7.12. The zero-order valence-corrected chi connectivity index (χ0v) is 7.70. The molecule has 0 aromatic carbocycles. The molecule has 0 saturated carbocycles. The van der Waals surface area contributed by atoms with Gasteiger partial charge in [-0.2, -0.15) is 5.10 Å². The second kappa shape index (κ2) is 3.01. The Balaban J connectivity index is 2.52. The summed E-state index contributed by atoms with van der Waals surface area (Å²) in [6.45, 7) is 4.03. The Morgan fingerprint density at radius 1 is 1.31 bits per heavy atom. The van der Waals surface area contributed by atoms with Crippen molar-refractivity contribution in [2.45, 2.75) is 13.8 Å². The molecule has 0 amide bonds. The van der Waals surface area contributed by atoms with Crippen LogP contribution < -0.4 is 0 Å². The van der Waals surface area contributed by atoms with Crippen molar-refractivity contribution in [2.75, 3.05) is 0 Å². The fourth-order valence-corrected chi connectivity index (χ4v) is 1.32. The molecular formula is C10H11N3. The largest absolute Gasteiger partial charge is 0.282 e. The van der Waals surface area contributed by atoms with Crippen molar-refractivity contribution in [3.63, 3.8) is 0 Å². The molecule has 0 aliphatic rings. The number of pyridine rings is 1. The Morgan fingerprint density at radius 2 is 2.15 bits per heavy atom. The molecule has 1 N–H and O–H groups in total. The zero-order chi connectivity index (χ0) is 9.26. The van der Waals surface area contributed by atoms with E-state index < -0.39 is 0 Å². The van der Waals surface area contributed by atoms with E-state index >= 15 is 0 Å². The predicted octanol–water partition coefficient (Wildman–Crippen LogP) is 2.09. The van der Waals surface area contributed by atoms with E-state index in [1.54, 1.807) is 6.20 Å². The third kappa shape index (κ3) is 1.45. The van der Waals surface area contributed by atoms with Crippen LogP contribution in [-0.2, 0) is 0 Å². The monoisotopic (exact) mass is 173 g/mol. The molecule has 0 atom stereocenters. The molecule has 0 aliphatic carbocycles. The summed E-state index contributed by atoms with van der Waals surface area (Å²) < 4.78 is 0. The maximum Gasteiger partial charge on any atom is 0.0927 e. The Morgan fingerprint density at radius 3 is 2.77 bits per heavy atom. The quantitative estimate of drug-likeness (QED) is 0.717. The van der Waals surface area contributed by atoms with Gasteiger partial charge in [-0.1, -0.05) is 0 Å². The molecule has 0 fully saturated rings. The van der Waals surface area contributed by atoms with E-state index in [0.29, 0.717) is 0 Å². The number of H-pyrrole nitrogens is 1. The molecule has 0 bridgehead atoms. The van der Waals surface area contributed by atoms with E-state index in [9.17, 15) is 0 Å². The van der Waals surface area contributed by atoms with Crippen molar-refractivity contribution in [1.82, 2.24) is 15.2 Å². The van der Waals surface area contributed by atoms with Gasteiger partial charge in [-0.25, -0.2) is 0 Å². The molecule has 2 rings (SSSR count). The Hall–Kier alpha value is -1.64. The smallest absolute Gasteiger partial charge is 0.0927 e. The van der Waals surface area contributed by atoms with Gasteiger partial charge in [0.05, 0.1) is 5.69 Å². The molecule has 0 unspecified atom stereocenters. The molecule has 0 saturated heterocycles. The van der Waals surface area contributed by atoms with Gasteiger partial charge in [-0.15, -0.1) is 0 Å². The highest BCUT2D eigenvalue weighted by Gasteiger charge is 2.03. The summed E-state index contributed by atoms with van der Waals surface area (Å²) >= 11 is 0. The van der Waals surface area contributed by atoms with Crippen molar-refractivity contribution in [3.8, 4) is 11.3 Å². The lowest BCUT2D eigenvalue weighted by atomic mass is 10.1. The average Bonchev–Trinajstić information content (AvgIpc) is 2.53. The number of nitrogens with zero attached hydrogens (tertiary/aromatic N) is 2. The first-order valence-electron chi connectivity index (χ1n) is 4.20. The molecule has 2 aromatic heterocycles.